The smallest absolute Gasteiger partial charge is 0.143 e. The molecule has 0 atom stereocenters. The Morgan fingerprint density at radius 3 is 1.26 bits per heavy atom. The molecule has 2 aromatic heterocycles. The van der Waals surface area contributed by atoms with Crippen LogP contribution in [-0.4, -0.2) is 16.1 Å². The fraction of sp³-hybridized carbons (Fsp3) is 0.139. The van der Waals surface area contributed by atoms with Gasteiger partial charge >= 0.3 is 0 Å². The highest BCUT2D eigenvalue weighted by Crippen LogP contribution is 2.57. The van der Waals surface area contributed by atoms with Crippen molar-refractivity contribution < 1.29 is 8.83 Å². The number of para-hydroxylation sites is 2. The van der Waals surface area contributed by atoms with Gasteiger partial charge in [0, 0.05) is 43.5 Å². The first-order valence-electron chi connectivity index (χ1n) is 27.3. The normalized spacial score (nSPS) is 16.3. The molecule has 4 aliphatic rings. The zero-order chi connectivity index (χ0) is 51.1. The molecule has 76 heavy (non-hydrogen) atoms. The molecule has 17 rings (SSSR count). The van der Waals surface area contributed by atoms with Gasteiger partial charge in [0.25, 0.3) is 0 Å². The maximum atomic E-state index is 7.32. The summed E-state index contributed by atoms with van der Waals surface area (Å²) in [5, 5.41) is 16.2. The van der Waals surface area contributed by atoms with Crippen LogP contribution in [0.2, 0.25) is 26.2 Å². The highest BCUT2D eigenvalue weighted by Gasteiger charge is 2.50. The highest BCUT2D eigenvalue weighted by atomic mass is 28.3. The van der Waals surface area contributed by atoms with Crippen molar-refractivity contribution in [1.82, 2.24) is 0 Å². The summed E-state index contributed by atoms with van der Waals surface area (Å²) in [5.41, 5.74) is 25.0. The molecule has 0 bridgehead atoms. The molecule has 0 spiro atoms. The Morgan fingerprint density at radius 1 is 0.303 bits per heavy atom. The molecular weight excluding hydrogens is 953 g/mol. The summed E-state index contributed by atoms with van der Waals surface area (Å²) in [7, 11) is -4.98. The predicted molar refractivity (Wildman–Crippen MR) is 326 cm³/mol. The van der Waals surface area contributed by atoms with Crippen molar-refractivity contribution in [3.8, 4) is 66.8 Å². The number of furan rings is 2. The van der Waals surface area contributed by atoms with E-state index in [2.05, 4.69) is 236 Å². The topological polar surface area (TPSA) is 26.3 Å². The van der Waals surface area contributed by atoms with E-state index in [4.69, 9.17) is 8.83 Å². The van der Waals surface area contributed by atoms with E-state index in [0.717, 1.165) is 22.3 Å². The second-order valence-corrected chi connectivity index (χ2v) is 33.2. The van der Waals surface area contributed by atoms with Crippen LogP contribution < -0.4 is 20.7 Å². The molecule has 0 N–H and O–H groups in total. The second kappa shape index (κ2) is 14.1. The summed E-state index contributed by atoms with van der Waals surface area (Å²) in [6, 6.07) is 69.3. The third kappa shape index (κ3) is 5.04. The number of hydrogen-bond donors (Lipinski definition) is 0. The van der Waals surface area contributed by atoms with Crippen LogP contribution in [0.1, 0.15) is 49.9 Å². The molecular formula is C72H54O2Si2. The Morgan fingerprint density at radius 2 is 0.711 bits per heavy atom. The lowest BCUT2D eigenvalue weighted by Crippen LogP contribution is -2.63. The van der Waals surface area contributed by atoms with Gasteiger partial charge in [-0.3, -0.25) is 0 Å². The molecule has 0 saturated heterocycles. The maximum Gasteiger partial charge on any atom is 0.143 e. The summed E-state index contributed by atoms with van der Waals surface area (Å²) < 4.78 is 14.6. The summed E-state index contributed by atoms with van der Waals surface area (Å²) >= 11 is 0. The van der Waals surface area contributed by atoms with Crippen LogP contribution in [0.15, 0.2) is 191 Å². The van der Waals surface area contributed by atoms with Crippen molar-refractivity contribution in [3.63, 3.8) is 0 Å². The third-order valence-electron chi connectivity index (χ3n) is 19.4. The fourth-order valence-electron chi connectivity index (χ4n) is 15.9. The quantitative estimate of drug-likeness (QED) is 0.161. The first-order chi connectivity index (χ1) is 36.8. The van der Waals surface area contributed by atoms with E-state index in [1.165, 1.54) is 142 Å². The van der Waals surface area contributed by atoms with Crippen LogP contribution in [0.3, 0.4) is 0 Å². The summed E-state index contributed by atoms with van der Waals surface area (Å²) in [6.07, 6.45) is 0. The predicted octanol–water partition coefficient (Wildman–Crippen LogP) is 17.3. The Bertz CT molecular complexity index is 4880. The van der Waals surface area contributed by atoms with E-state index in [-0.39, 0.29) is 10.8 Å². The Kier molecular flexibility index (Phi) is 8.00. The summed E-state index contributed by atoms with van der Waals surface area (Å²) in [5.74, 6) is 0. The van der Waals surface area contributed by atoms with Gasteiger partial charge < -0.3 is 8.83 Å². The largest absolute Gasteiger partial charge is 0.455 e. The number of fused-ring (bicyclic) bond motifs is 25. The first-order valence-corrected chi connectivity index (χ1v) is 33.3. The van der Waals surface area contributed by atoms with E-state index in [1.807, 2.05) is 0 Å². The van der Waals surface area contributed by atoms with Crippen LogP contribution in [0.5, 0.6) is 0 Å². The zero-order valence-corrected chi connectivity index (χ0v) is 46.1. The molecule has 362 valence electrons. The Labute approximate surface area is 444 Å². The molecule has 2 aliphatic carbocycles. The lowest BCUT2D eigenvalue weighted by molar-refractivity contribution is 0.660. The van der Waals surface area contributed by atoms with Crippen molar-refractivity contribution in [2.24, 2.45) is 0 Å². The molecule has 0 unspecified atom stereocenters. The maximum absolute atomic E-state index is 7.32. The zero-order valence-electron chi connectivity index (χ0n) is 44.1. The monoisotopic (exact) mass is 1010 g/mol. The molecule has 13 aromatic rings. The van der Waals surface area contributed by atoms with Crippen molar-refractivity contribution in [2.75, 3.05) is 0 Å². The molecule has 0 radical (unpaired) electrons. The van der Waals surface area contributed by atoms with Crippen LogP contribution in [0, 0.1) is 0 Å². The van der Waals surface area contributed by atoms with Crippen molar-refractivity contribution in [3.05, 3.63) is 204 Å². The lowest BCUT2D eigenvalue weighted by atomic mass is 9.80. The third-order valence-corrected chi connectivity index (χ3v) is 26.7. The second-order valence-electron chi connectivity index (χ2n) is 24.6. The van der Waals surface area contributed by atoms with Crippen molar-refractivity contribution in [2.45, 2.75) is 64.7 Å². The molecule has 2 nitrogen and oxygen atoms in total. The van der Waals surface area contributed by atoms with Gasteiger partial charge in [0.05, 0.1) is 0 Å². The first kappa shape index (κ1) is 43.2. The van der Waals surface area contributed by atoms with Gasteiger partial charge in [-0.05, 0) is 144 Å². The SMILES string of the molecule is CC1(C)c2ccccc2-c2c1cc(-c1cc3c(c4c1oc1ccccc14)-c1ccc4c(c1[Si]3(C)C)[Si](C)(C)c1cc(-c3cc5c(c6ccccc36)-c3ccccc3C5(C)C)c3c(oc5ccccc53)c1-4)c1ccccc21. The van der Waals surface area contributed by atoms with Crippen LogP contribution in [-0.2, 0) is 10.8 Å². The van der Waals surface area contributed by atoms with Crippen molar-refractivity contribution in [1.29, 1.82) is 0 Å². The standard InChI is InChI=1S/C72H54O2Si2/c1-71(2)53-29-17-13-25-43(53)61-41-23-11-9-21-39(41)49(35-55(61)71)51-37-60-65(68-63(51)45-27-15-19-31-57(45)74-68)48-34-33-47-64-59(75(5,6)69(47)70(48)76(60,7)8)38-52(67-66(64)46-28-16-20-32-58(46)73-67)50-36-56-62(42-24-12-10-22-40(42)50)44-26-14-18-30-54(44)72(56,3)4/h9-38H,1-8H3. The van der Waals surface area contributed by atoms with Gasteiger partial charge in [0.2, 0.25) is 0 Å². The summed E-state index contributed by atoms with van der Waals surface area (Å²) in [4.78, 5) is 0. The van der Waals surface area contributed by atoms with Gasteiger partial charge in [-0.25, -0.2) is 0 Å². The minimum atomic E-state index is -2.49. The average molecular weight is 1010 g/mol. The van der Waals surface area contributed by atoms with E-state index >= 15 is 0 Å². The minimum Gasteiger partial charge on any atom is -0.455 e. The average Bonchev–Trinajstić information content (AvgIpc) is 4.31. The number of rotatable bonds is 2. The Balaban J connectivity index is 0.934. The van der Waals surface area contributed by atoms with E-state index in [9.17, 15) is 0 Å². The summed E-state index contributed by atoms with van der Waals surface area (Å²) in [6.45, 7) is 20.2. The van der Waals surface area contributed by atoms with Gasteiger partial charge in [0.1, 0.15) is 38.5 Å². The van der Waals surface area contributed by atoms with Gasteiger partial charge in [0.15, 0.2) is 0 Å². The van der Waals surface area contributed by atoms with E-state index in [0.29, 0.717) is 0 Å². The molecule has 0 fully saturated rings. The van der Waals surface area contributed by atoms with Gasteiger partial charge in [-0.15, -0.1) is 0 Å². The molecule has 0 saturated carbocycles. The Hall–Kier alpha value is -8.03. The lowest BCUT2D eigenvalue weighted by Gasteiger charge is -2.28. The minimum absolute atomic E-state index is 0.156. The van der Waals surface area contributed by atoms with E-state index in [1.54, 1.807) is 10.4 Å². The number of hydrogen-bond acceptors (Lipinski definition) is 2. The van der Waals surface area contributed by atoms with Gasteiger partial charge in [-0.1, -0.05) is 212 Å². The molecule has 11 aromatic carbocycles. The number of benzene rings is 11. The van der Waals surface area contributed by atoms with Crippen LogP contribution >= 0.6 is 0 Å². The molecule has 0 amide bonds. The molecule has 4 heterocycles. The van der Waals surface area contributed by atoms with Crippen LogP contribution in [0.4, 0.5) is 0 Å². The fourth-order valence-corrected chi connectivity index (χ4v) is 24.3. The van der Waals surface area contributed by atoms with Gasteiger partial charge in [-0.2, -0.15) is 0 Å². The van der Waals surface area contributed by atoms with Crippen LogP contribution in [0.25, 0.3) is 132 Å². The molecule has 2 aliphatic heterocycles. The van der Waals surface area contributed by atoms with E-state index < -0.39 is 16.1 Å². The van der Waals surface area contributed by atoms with Crippen molar-refractivity contribution >= 4 is 102 Å². The molecule has 4 heteroatoms. The highest BCUT2D eigenvalue weighted by molar-refractivity contribution is 7.13.